The summed E-state index contributed by atoms with van der Waals surface area (Å²) in [6.45, 7) is 0. The number of aromatic nitrogens is 2. The Bertz CT molecular complexity index is 944. The van der Waals surface area contributed by atoms with Gasteiger partial charge in [0.1, 0.15) is 5.75 Å². The molecular formula is C16H15N3O3S. The largest absolute Gasteiger partial charge is 0.490 e. The Balaban J connectivity index is 1.60. The maximum atomic E-state index is 12.5. The Kier molecular flexibility index (Phi) is 3.23. The Hall–Kier alpha value is -2.54. The average molecular weight is 329 g/mol. The number of anilines is 1. The second-order valence-electron chi connectivity index (χ2n) is 5.50. The van der Waals surface area contributed by atoms with E-state index in [0.29, 0.717) is 11.3 Å². The van der Waals surface area contributed by atoms with Gasteiger partial charge < -0.3 is 9.72 Å². The van der Waals surface area contributed by atoms with E-state index in [1.54, 1.807) is 24.5 Å². The minimum atomic E-state index is -3.70. The van der Waals surface area contributed by atoms with Crippen molar-refractivity contribution in [2.45, 2.75) is 23.8 Å². The van der Waals surface area contributed by atoms with Gasteiger partial charge in [-0.05, 0) is 49.2 Å². The number of benzene rings is 1. The first-order valence-electron chi connectivity index (χ1n) is 7.33. The molecule has 4 rings (SSSR count). The minimum absolute atomic E-state index is 0.172. The van der Waals surface area contributed by atoms with Crippen molar-refractivity contribution in [2.24, 2.45) is 0 Å². The van der Waals surface area contributed by atoms with Crippen molar-refractivity contribution < 1.29 is 13.2 Å². The van der Waals surface area contributed by atoms with Gasteiger partial charge >= 0.3 is 0 Å². The molecule has 1 aromatic carbocycles. The molecule has 2 aromatic heterocycles. The average Bonchev–Trinajstić information content (AvgIpc) is 3.21. The van der Waals surface area contributed by atoms with Crippen LogP contribution in [0.2, 0.25) is 0 Å². The fraction of sp³-hybridized carbons (Fsp3) is 0.188. The third-order valence-corrected chi connectivity index (χ3v) is 5.02. The summed E-state index contributed by atoms with van der Waals surface area (Å²) in [5.74, 6) is 0.974. The summed E-state index contributed by atoms with van der Waals surface area (Å²) in [5, 5.41) is 0.894. The Morgan fingerprint density at radius 1 is 1.13 bits per heavy atom. The predicted molar refractivity (Wildman–Crippen MR) is 87.0 cm³/mol. The first-order valence-corrected chi connectivity index (χ1v) is 8.82. The summed E-state index contributed by atoms with van der Waals surface area (Å²) < 4.78 is 33.2. The van der Waals surface area contributed by atoms with Crippen molar-refractivity contribution in [3.05, 3.63) is 48.8 Å². The zero-order chi connectivity index (χ0) is 15.9. The van der Waals surface area contributed by atoms with Crippen LogP contribution in [0.15, 0.2) is 53.7 Å². The van der Waals surface area contributed by atoms with Crippen LogP contribution in [-0.2, 0) is 10.0 Å². The molecule has 0 spiro atoms. The molecule has 2 heterocycles. The number of hydrogen-bond acceptors (Lipinski definition) is 4. The van der Waals surface area contributed by atoms with Crippen molar-refractivity contribution in [1.82, 2.24) is 9.97 Å². The molecular weight excluding hydrogens is 314 g/mol. The number of hydrogen-bond donors (Lipinski definition) is 2. The van der Waals surface area contributed by atoms with Gasteiger partial charge in [-0.3, -0.25) is 4.72 Å². The molecule has 0 atom stereocenters. The molecule has 0 radical (unpaired) electrons. The molecule has 1 aliphatic rings. The van der Waals surface area contributed by atoms with Gasteiger partial charge in [-0.2, -0.15) is 0 Å². The second-order valence-corrected chi connectivity index (χ2v) is 7.18. The number of fused-ring (bicyclic) bond motifs is 1. The Morgan fingerprint density at radius 3 is 2.65 bits per heavy atom. The van der Waals surface area contributed by atoms with Crippen LogP contribution in [0.1, 0.15) is 12.8 Å². The molecule has 7 heteroatoms. The van der Waals surface area contributed by atoms with E-state index in [9.17, 15) is 8.42 Å². The van der Waals surface area contributed by atoms with Gasteiger partial charge in [0, 0.05) is 17.8 Å². The topological polar surface area (TPSA) is 84.1 Å². The van der Waals surface area contributed by atoms with Crippen molar-refractivity contribution in [3.63, 3.8) is 0 Å². The Morgan fingerprint density at radius 2 is 1.91 bits per heavy atom. The highest BCUT2D eigenvalue weighted by molar-refractivity contribution is 7.92. The van der Waals surface area contributed by atoms with E-state index in [0.717, 1.165) is 18.2 Å². The van der Waals surface area contributed by atoms with E-state index in [4.69, 9.17) is 4.74 Å². The highest BCUT2D eigenvalue weighted by Crippen LogP contribution is 2.28. The van der Waals surface area contributed by atoms with E-state index in [2.05, 4.69) is 14.7 Å². The fourth-order valence-corrected chi connectivity index (χ4v) is 3.34. The maximum absolute atomic E-state index is 12.5. The van der Waals surface area contributed by atoms with E-state index < -0.39 is 10.0 Å². The van der Waals surface area contributed by atoms with Crippen molar-refractivity contribution in [1.29, 1.82) is 0 Å². The lowest BCUT2D eigenvalue weighted by Crippen LogP contribution is -2.14. The van der Waals surface area contributed by atoms with Gasteiger partial charge in [0.05, 0.1) is 16.5 Å². The maximum Gasteiger partial charge on any atom is 0.263 e. The number of H-pyrrole nitrogens is 1. The van der Waals surface area contributed by atoms with Crippen molar-refractivity contribution in [3.8, 4) is 5.75 Å². The molecule has 0 amide bonds. The quantitative estimate of drug-likeness (QED) is 0.754. The summed E-state index contributed by atoms with van der Waals surface area (Å²) >= 11 is 0. The third-order valence-electron chi connectivity index (χ3n) is 3.67. The lowest BCUT2D eigenvalue weighted by atomic mass is 10.3. The third kappa shape index (κ3) is 2.87. The van der Waals surface area contributed by atoms with Crippen LogP contribution in [-0.4, -0.2) is 24.5 Å². The smallest absolute Gasteiger partial charge is 0.263 e. The SMILES string of the molecule is O=S(=O)(Nc1nccc2cc[nH]c12)c1ccc(OC2CC2)cc1. The summed E-state index contributed by atoms with van der Waals surface area (Å²) in [4.78, 5) is 7.27. The number of sulfonamides is 1. The van der Waals surface area contributed by atoms with E-state index in [-0.39, 0.29) is 16.8 Å². The van der Waals surface area contributed by atoms with Gasteiger partial charge in [0.2, 0.25) is 0 Å². The second kappa shape index (κ2) is 5.27. The number of pyridine rings is 1. The molecule has 0 saturated heterocycles. The van der Waals surface area contributed by atoms with Crippen LogP contribution in [0.4, 0.5) is 5.82 Å². The Labute approximate surface area is 133 Å². The zero-order valence-corrected chi connectivity index (χ0v) is 13.0. The van der Waals surface area contributed by atoms with E-state index in [1.165, 1.54) is 12.1 Å². The normalized spacial score (nSPS) is 14.8. The van der Waals surface area contributed by atoms with Crippen LogP contribution in [0.25, 0.3) is 10.9 Å². The van der Waals surface area contributed by atoms with Crippen LogP contribution >= 0.6 is 0 Å². The van der Waals surface area contributed by atoms with Crippen molar-refractivity contribution in [2.75, 3.05) is 4.72 Å². The van der Waals surface area contributed by atoms with Crippen molar-refractivity contribution >= 4 is 26.7 Å². The lowest BCUT2D eigenvalue weighted by Gasteiger charge is -2.09. The molecule has 1 fully saturated rings. The highest BCUT2D eigenvalue weighted by Gasteiger charge is 2.24. The molecule has 118 valence electrons. The van der Waals surface area contributed by atoms with Crippen LogP contribution < -0.4 is 9.46 Å². The summed E-state index contributed by atoms with van der Waals surface area (Å²) in [7, 11) is -3.70. The first-order chi connectivity index (χ1) is 11.1. The number of nitrogens with zero attached hydrogens (tertiary/aromatic N) is 1. The fourth-order valence-electron chi connectivity index (χ4n) is 2.32. The monoisotopic (exact) mass is 329 g/mol. The predicted octanol–water partition coefficient (Wildman–Crippen LogP) is 2.90. The first kappa shape index (κ1) is 14.1. The summed E-state index contributed by atoms with van der Waals surface area (Å²) in [5.41, 5.74) is 0.657. The standard InChI is InChI=1S/C16H15N3O3S/c20-23(21,14-5-3-13(4-6-14)22-12-1-2-12)19-16-15-11(7-9-17-15)8-10-18-16/h3-10,12,17H,1-2H2,(H,18,19). The van der Waals surface area contributed by atoms with Crippen LogP contribution in [0.3, 0.4) is 0 Å². The molecule has 1 saturated carbocycles. The minimum Gasteiger partial charge on any atom is -0.490 e. The molecule has 1 aliphatic carbocycles. The number of rotatable bonds is 5. The van der Waals surface area contributed by atoms with Gasteiger partial charge in [-0.1, -0.05) is 0 Å². The molecule has 3 aromatic rings. The summed E-state index contributed by atoms with van der Waals surface area (Å²) in [6, 6.07) is 10.1. The van der Waals surface area contributed by atoms with Crippen LogP contribution in [0.5, 0.6) is 5.75 Å². The van der Waals surface area contributed by atoms with Gasteiger partial charge in [0.15, 0.2) is 5.82 Å². The zero-order valence-electron chi connectivity index (χ0n) is 12.2. The molecule has 23 heavy (non-hydrogen) atoms. The summed E-state index contributed by atoms with van der Waals surface area (Å²) in [6.07, 6.45) is 5.72. The molecule has 0 unspecified atom stereocenters. The van der Waals surface area contributed by atoms with Gasteiger partial charge in [-0.25, -0.2) is 13.4 Å². The lowest BCUT2D eigenvalue weighted by molar-refractivity contribution is 0.303. The number of ether oxygens (including phenoxy) is 1. The van der Waals surface area contributed by atoms with Crippen LogP contribution in [0, 0.1) is 0 Å². The molecule has 0 bridgehead atoms. The molecule has 2 N–H and O–H groups in total. The van der Waals surface area contributed by atoms with Gasteiger partial charge in [-0.15, -0.1) is 0 Å². The number of nitrogens with one attached hydrogen (secondary N) is 2. The van der Waals surface area contributed by atoms with Gasteiger partial charge in [0.25, 0.3) is 10.0 Å². The molecule has 6 nitrogen and oxygen atoms in total. The van der Waals surface area contributed by atoms with E-state index >= 15 is 0 Å². The highest BCUT2D eigenvalue weighted by atomic mass is 32.2. The van der Waals surface area contributed by atoms with E-state index in [1.807, 2.05) is 12.1 Å². The number of aromatic amines is 1. The molecule has 0 aliphatic heterocycles.